The molecule has 2 aromatic rings. The number of aryl methyl sites for hydroxylation is 2. The van der Waals surface area contributed by atoms with Crippen molar-refractivity contribution in [1.82, 2.24) is 0 Å². The highest BCUT2D eigenvalue weighted by Gasteiger charge is 2.14. The first-order valence-corrected chi connectivity index (χ1v) is 8.78. The van der Waals surface area contributed by atoms with Gasteiger partial charge in [0.05, 0.1) is 6.61 Å². The summed E-state index contributed by atoms with van der Waals surface area (Å²) in [7, 11) is 0. The van der Waals surface area contributed by atoms with Crippen LogP contribution in [-0.4, -0.2) is 25.0 Å². The fourth-order valence-electron chi connectivity index (χ4n) is 2.74. The van der Waals surface area contributed by atoms with Crippen molar-refractivity contribution in [2.45, 2.75) is 34.1 Å². The van der Waals surface area contributed by atoms with Crippen LogP contribution in [0.15, 0.2) is 42.5 Å². The summed E-state index contributed by atoms with van der Waals surface area (Å²) in [6, 6.07) is 13.2. The topological polar surface area (TPSA) is 58.6 Å². The van der Waals surface area contributed by atoms with Gasteiger partial charge in [-0.15, -0.1) is 0 Å². The molecule has 0 aliphatic carbocycles. The molecule has 0 aliphatic rings. The number of hydrogen-bond acceptors (Lipinski definition) is 3. The number of anilines is 2. The molecule has 0 aromatic heterocycles. The van der Waals surface area contributed by atoms with Gasteiger partial charge in [0.1, 0.15) is 5.75 Å². The van der Waals surface area contributed by atoms with Crippen molar-refractivity contribution in [3.8, 4) is 5.75 Å². The average Bonchev–Trinajstić information content (AvgIpc) is 2.59. The van der Waals surface area contributed by atoms with E-state index in [9.17, 15) is 9.59 Å². The Hall–Kier alpha value is -2.82. The second kappa shape index (κ2) is 9.04. The third-order valence-electron chi connectivity index (χ3n) is 4.06. The lowest BCUT2D eigenvalue weighted by Gasteiger charge is -2.21. The molecular formula is C21H26N2O3. The minimum atomic E-state index is -0.117. The minimum absolute atomic E-state index is 0.103. The van der Waals surface area contributed by atoms with E-state index in [2.05, 4.69) is 5.32 Å². The predicted octanol–water partition coefficient (Wildman–Crippen LogP) is 4.08. The molecule has 2 aromatic carbocycles. The molecule has 26 heavy (non-hydrogen) atoms. The van der Waals surface area contributed by atoms with E-state index in [1.165, 1.54) is 6.92 Å². The molecule has 0 saturated heterocycles. The van der Waals surface area contributed by atoms with Gasteiger partial charge in [0.15, 0.2) is 0 Å². The van der Waals surface area contributed by atoms with Gasteiger partial charge in [0.25, 0.3) is 0 Å². The highest BCUT2D eigenvalue weighted by Crippen LogP contribution is 2.21. The zero-order valence-corrected chi connectivity index (χ0v) is 15.8. The first-order valence-electron chi connectivity index (χ1n) is 8.78. The lowest BCUT2D eigenvalue weighted by molar-refractivity contribution is -0.117. The number of amides is 2. The van der Waals surface area contributed by atoms with Crippen molar-refractivity contribution in [2.75, 3.05) is 23.4 Å². The summed E-state index contributed by atoms with van der Waals surface area (Å²) in [5, 5.41) is 2.91. The van der Waals surface area contributed by atoms with Gasteiger partial charge >= 0.3 is 0 Å². The van der Waals surface area contributed by atoms with Gasteiger partial charge < -0.3 is 15.0 Å². The predicted molar refractivity (Wildman–Crippen MR) is 105 cm³/mol. The molecule has 1 N–H and O–H groups in total. The third-order valence-corrected chi connectivity index (χ3v) is 4.06. The minimum Gasteiger partial charge on any atom is -0.494 e. The van der Waals surface area contributed by atoms with Crippen LogP contribution in [0, 0.1) is 13.8 Å². The van der Waals surface area contributed by atoms with Gasteiger partial charge in [-0.1, -0.05) is 17.7 Å². The average molecular weight is 354 g/mol. The van der Waals surface area contributed by atoms with Crippen LogP contribution in [0.2, 0.25) is 0 Å². The van der Waals surface area contributed by atoms with Gasteiger partial charge in [-0.2, -0.15) is 0 Å². The third kappa shape index (κ3) is 5.34. The summed E-state index contributed by atoms with van der Waals surface area (Å²) < 4.78 is 5.42. The first kappa shape index (κ1) is 19.5. The number of carbonyl (C=O) groups is 2. The van der Waals surface area contributed by atoms with Crippen LogP contribution in [0.25, 0.3) is 0 Å². The van der Waals surface area contributed by atoms with E-state index in [4.69, 9.17) is 4.74 Å². The van der Waals surface area contributed by atoms with Crippen molar-refractivity contribution in [3.05, 3.63) is 53.6 Å². The van der Waals surface area contributed by atoms with Crippen LogP contribution in [0.5, 0.6) is 5.75 Å². The molecule has 5 heteroatoms. The summed E-state index contributed by atoms with van der Waals surface area (Å²) in [6.07, 6.45) is 0.222. The Labute approximate surface area is 155 Å². The van der Waals surface area contributed by atoms with Gasteiger partial charge in [-0.25, -0.2) is 0 Å². The number of hydrogen-bond donors (Lipinski definition) is 1. The van der Waals surface area contributed by atoms with Crippen molar-refractivity contribution >= 4 is 23.2 Å². The van der Waals surface area contributed by atoms with E-state index >= 15 is 0 Å². The van der Waals surface area contributed by atoms with E-state index in [-0.39, 0.29) is 18.2 Å². The van der Waals surface area contributed by atoms with E-state index in [0.717, 1.165) is 28.3 Å². The second-order valence-corrected chi connectivity index (χ2v) is 6.21. The first-order chi connectivity index (χ1) is 12.4. The lowest BCUT2D eigenvalue weighted by atomic mass is 10.1. The molecule has 0 bridgehead atoms. The van der Waals surface area contributed by atoms with Gasteiger partial charge in [0.2, 0.25) is 11.8 Å². The van der Waals surface area contributed by atoms with E-state index in [1.54, 1.807) is 4.90 Å². The number of ether oxygens (including phenoxy) is 1. The highest BCUT2D eigenvalue weighted by atomic mass is 16.5. The second-order valence-electron chi connectivity index (χ2n) is 6.21. The zero-order chi connectivity index (χ0) is 19.1. The SMILES string of the molecule is CCOc1ccc(N(CCC(=O)Nc2ccc(C)cc2C)C(C)=O)cc1. The molecule has 0 saturated carbocycles. The standard InChI is InChI=1S/C21H26N2O3/c1-5-26-19-9-7-18(8-10-19)23(17(4)24)13-12-21(25)22-20-11-6-15(2)14-16(20)3/h6-11,14H,5,12-13H2,1-4H3,(H,22,25). The molecule has 0 fully saturated rings. The molecular weight excluding hydrogens is 328 g/mol. The van der Waals surface area contributed by atoms with E-state index in [0.29, 0.717) is 13.2 Å². The Morgan fingerprint density at radius 3 is 2.35 bits per heavy atom. The molecule has 0 heterocycles. The molecule has 2 rings (SSSR count). The molecule has 0 radical (unpaired) electrons. The Morgan fingerprint density at radius 2 is 1.77 bits per heavy atom. The Bertz CT molecular complexity index is 769. The molecule has 0 atom stereocenters. The maximum atomic E-state index is 12.3. The van der Waals surface area contributed by atoms with E-state index < -0.39 is 0 Å². The number of nitrogens with one attached hydrogen (secondary N) is 1. The van der Waals surface area contributed by atoms with Crippen LogP contribution >= 0.6 is 0 Å². The van der Waals surface area contributed by atoms with E-state index in [1.807, 2.05) is 63.2 Å². The van der Waals surface area contributed by atoms with Crippen LogP contribution < -0.4 is 15.0 Å². The molecule has 5 nitrogen and oxygen atoms in total. The zero-order valence-electron chi connectivity index (χ0n) is 15.8. The number of benzene rings is 2. The lowest BCUT2D eigenvalue weighted by Crippen LogP contribution is -2.32. The maximum Gasteiger partial charge on any atom is 0.226 e. The Kier molecular flexibility index (Phi) is 6.78. The summed E-state index contributed by atoms with van der Waals surface area (Å²) in [6.45, 7) is 8.31. The van der Waals surface area contributed by atoms with Gasteiger partial charge in [-0.05, 0) is 56.7 Å². The number of carbonyl (C=O) groups excluding carboxylic acids is 2. The smallest absolute Gasteiger partial charge is 0.226 e. The van der Waals surface area contributed by atoms with Crippen molar-refractivity contribution in [2.24, 2.45) is 0 Å². The monoisotopic (exact) mass is 354 g/mol. The van der Waals surface area contributed by atoms with Crippen molar-refractivity contribution in [3.63, 3.8) is 0 Å². The highest BCUT2D eigenvalue weighted by molar-refractivity contribution is 5.95. The Balaban J connectivity index is 1.99. The molecule has 0 aliphatic heterocycles. The van der Waals surface area contributed by atoms with Gasteiger partial charge in [0, 0.05) is 31.3 Å². The van der Waals surface area contributed by atoms with Crippen LogP contribution in [0.3, 0.4) is 0 Å². The van der Waals surface area contributed by atoms with Crippen molar-refractivity contribution in [1.29, 1.82) is 0 Å². The molecule has 0 unspecified atom stereocenters. The Morgan fingerprint density at radius 1 is 1.08 bits per heavy atom. The summed E-state index contributed by atoms with van der Waals surface area (Å²) in [4.78, 5) is 25.9. The summed E-state index contributed by atoms with van der Waals surface area (Å²) in [5.41, 5.74) is 3.73. The van der Waals surface area contributed by atoms with Crippen molar-refractivity contribution < 1.29 is 14.3 Å². The molecule has 2 amide bonds. The summed E-state index contributed by atoms with van der Waals surface area (Å²) >= 11 is 0. The summed E-state index contributed by atoms with van der Waals surface area (Å²) in [5.74, 6) is 0.537. The van der Waals surface area contributed by atoms with Gasteiger partial charge in [-0.3, -0.25) is 9.59 Å². The maximum absolute atomic E-state index is 12.3. The fraction of sp³-hybridized carbons (Fsp3) is 0.333. The van der Waals surface area contributed by atoms with Crippen LogP contribution in [0.1, 0.15) is 31.4 Å². The van der Waals surface area contributed by atoms with Crippen LogP contribution in [-0.2, 0) is 9.59 Å². The number of rotatable bonds is 7. The molecule has 0 spiro atoms. The quantitative estimate of drug-likeness (QED) is 0.815. The number of nitrogens with zero attached hydrogens (tertiary/aromatic N) is 1. The molecule has 138 valence electrons. The normalized spacial score (nSPS) is 10.3. The van der Waals surface area contributed by atoms with Crippen LogP contribution in [0.4, 0.5) is 11.4 Å². The fourth-order valence-corrected chi connectivity index (χ4v) is 2.74. The largest absolute Gasteiger partial charge is 0.494 e.